The molecule has 0 saturated heterocycles. The van der Waals surface area contributed by atoms with Crippen LogP contribution in [0, 0.1) is 5.82 Å². The van der Waals surface area contributed by atoms with Gasteiger partial charge in [0.25, 0.3) is 0 Å². The second kappa shape index (κ2) is 9.33. The molecule has 2 heterocycles. The van der Waals surface area contributed by atoms with E-state index in [9.17, 15) is 9.18 Å². The van der Waals surface area contributed by atoms with Crippen molar-refractivity contribution in [2.24, 2.45) is 0 Å². The molecule has 8 heteroatoms. The van der Waals surface area contributed by atoms with Gasteiger partial charge < -0.3 is 14.5 Å². The zero-order chi connectivity index (χ0) is 23.5. The number of rotatable bonds is 7. The van der Waals surface area contributed by atoms with Crippen LogP contribution in [0.1, 0.15) is 15.9 Å². The first-order chi connectivity index (χ1) is 16.6. The molecule has 168 valence electrons. The predicted molar refractivity (Wildman–Crippen MR) is 128 cm³/mol. The number of carbonyl (C=O) groups excluding carboxylic acids is 1. The quantitative estimate of drug-likeness (QED) is 0.261. The van der Waals surface area contributed by atoms with Gasteiger partial charge in [-0.3, -0.25) is 4.79 Å². The zero-order valence-electron chi connectivity index (χ0n) is 17.7. The van der Waals surface area contributed by atoms with Crippen LogP contribution in [0.15, 0.2) is 83.7 Å². The average Bonchev–Trinajstić information content (AvgIpc) is 3.33. The van der Waals surface area contributed by atoms with Crippen molar-refractivity contribution in [3.63, 3.8) is 0 Å². The first-order valence-corrected chi connectivity index (χ1v) is 10.7. The fourth-order valence-electron chi connectivity index (χ4n) is 3.56. The fraction of sp³-hybridized carbons (Fsp3) is 0.0385. The predicted octanol–water partition coefficient (Wildman–Crippen LogP) is 6.82. The van der Waals surface area contributed by atoms with E-state index in [-0.39, 0.29) is 12.4 Å². The molecule has 0 saturated carbocycles. The molecule has 0 fully saturated rings. The molecule has 5 rings (SSSR count). The Bertz CT molecular complexity index is 1500. The van der Waals surface area contributed by atoms with E-state index in [1.54, 1.807) is 30.3 Å². The fourth-order valence-corrected chi connectivity index (χ4v) is 3.80. The topological polar surface area (TPSA) is 77.2 Å². The van der Waals surface area contributed by atoms with Crippen LogP contribution in [0.4, 0.5) is 15.9 Å². The van der Waals surface area contributed by atoms with E-state index in [4.69, 9.17) is 20.8 Å². The highest BCUT2D eigenvalue weighted by molar-refractivity contribution is 6.32. The second-order valence-electron chi connectivity index (χ2n) is 7.47. The number of nitrogens with one attached hydrogen (secondary N) is 1. The van der Waals surface area contributed by atoms with E-state index in [2.05, 4.69) is 15.3 Å². The number of furan rings is 1. The number of aldehydes is 1. The summed E-state index contributed by atoms with van der Waals surface area (Å²) in [4.78, 5) is 20.0. The molecular weight excluding hydrogens is 457 g/mol. The van der Waals surface area contributed by atoms with Gasteiger partial charge in [0.1, 0.15) is 36.1 Å². The molecule has 0 aliphatic heterocycles. The van der Waals surface area contributed by atoms with Crippen LogP contribution < -0.4 is 10.1 Å². The number of halogens is 2. The van der Waals surface area contributed by atoms with Gasteiger partial charge in [0.15, 0.2) is 6.29 Å². The van der Waals surface area contributed by atoms with Gasteiger partial charge in [-0.1, -0.05) is 23.7 Å². The van der Waals surface area contributed by atoms with Crippen molar-refractivity contribution >= 4 is 40.3 Å². The molecule has 0 bridgehead atoms. The summed E-state index contributed by atoms with van der Waals surface area (Å²) >= 11 is 6.42. The third-order valence-corrected chi connectivity index (χ3v) is 5.49. The van der Waals surface area contributed by atoms with Crippen molar-refractivity contribution in [1.82, 2.24) is 9.97 Å². The molecule has 0 aliphatic rings. The molecule has 2 aromatic heterocycles. The lowest BCUT2D eigenvalue weighted by Crippen LogP contribution is -1.99. The van der Waals surface area contributed by atoms with Gasteiger partial charge in [0.2, 0.25) is 0 Å². The molecule has 0 radical (unpaired) electrons. The van der Waals surface area contributed by atoms with Crippen molar-refractivity contribution in [2.45, 2.75) is 6.61 Å². The summed E-state index contributed by atoms with van der Waals surface area (Å²) < 4.78 is 24.6. The van der Waals surface area contributed by atoms with Gasteiger partial charge in [-0.2, -0.15) is 0 Å². The molecule has 0 spiro atoms. The van der Waals surface area contributed by atoms with E-state index in [1.807, 2.05) is 24.3 Å². The zero-order valence-corrected chi connectivity index (χ0v) is 18.4. The lowest BCUT2D eigenvalue weighted by Gasteiger charge is -2.12. The molecule has 0 unspecified atom stereocenters. The number of ether oxygens (including phenoxy) is 1. The smallest absolute Gasteiger partial charge is 0.153 e. The van der Waals surface area contributed by atoms with E-state index in [0.29, 0.717) is 39.2 Å². The van der Waals surface area contributed by atoms with Crippen molar-refractivity contribution in [3.05, 3.63) is 101 Å². The van der Waals surface area contributed by atoms with Gasteiger partial charge in [0.05, 0.1) is 22.4 Å². The Kier molecular flexibility index (Phi) is 5.93. The highest BCUT2D eigenvalue weighted by Crippen LogP contribution is 2.33. The number of nitrogens with zero attached hydrogens (tertiary/aromatic N) is 2. The van der Waals surface area contributed by atoms with Crippen molar-refractivity contribution in [1.29, 1.82) is 0 Å². The maximum Gasteiger partial charge on any atom is 0.153 e. The molecule has 6 nitrogen and oxygen atoms in total. The lowest BCUT2D eigenvalue weighted by atomic mass is 10.1. The molecule has 1 N–H and O–H groups in total. The first kappa shape index (κ1) is 21.6. The lowest BCUT2D eigenvalue weighted by molar-refractivity contribution is 0.112. The highest BCUT2D eigenvalue weighted by atomic mass is 35.5. The number of hydrogen-bond donors (Lipinski definition) is 1. The summed E-state index contributed by atoms with van der Waals surface area (Å²) in [5.74, 6) is 1.21. The third-order valence-electron chi connectivity index (χ3n) is 5.20. The van der Waals surface area contributed by atoms with Crippen LogP contribution in [-0.4, -0.2) is 16.3 Å². The van der Waals surface area contributed by atoms with E-state index < -0.39 is 0 Å². The van der Waals surface area contributed by atoms with Crippen LogP contribution in [0.3, 0.4) is 0 Å². The number of fused-ring (bicyclic) bond motifs is 1. The number of anilines is 2. The summed E-state index contributed by atoms with van der Waals surface area (Å²) in [6, 6.07) is 18.6. The van der Waals surface area contributed by atoms with Crippen LogP contribution in [0.2, 0.25) is 5.02 Å². The maximum absolute atomic E-state index is 13.4. The van der Waals surface area contributed by atoms with Crippen LogP contribution in [0.5, 0.6) is 5.75 Å². The Labute approximate surface area is 199 Å². The molecule has 3 aromatic carbocycles. The first-order valence-electron chi connectivity index (χ1n) is 10.3. The van der Waals surface area contributed by atoms with Gasteiger partial charge in [-0.05, 0) is 60.2 Å². The Morgan fingerprint density at radius 3 is 2.79 bits per heavy atom. The van der Waals surface area contributed by atoms with Gasteiger partial charge in [-0.15, -0.1) is 0 Å². The van der Waals surface area contributed by atoms with E-state index >= 15 is 0 Å². The minimum atomic E-state index is -0.318. The molecule has 34 heavy (non-hydrogen) atoms. The average molecular weight is 474 g/mol. The monoisotopic (exact) mass is 473 g/mol. The number of hydrogen-bond acceptors (Lipinski definition) is 6. The van der Waals surface area contributed by atoms with Crippen LogP contribution in [-0.2, 0) is 6.61 Å². The normalized spacial score (nSPS) is 10.9. The minimum Gasteiger partial charge on any atom is -0.487 e. The number of carbonyl (C=O) groups is 1. The minimum absolute atomic E-state index is 0.194. The number of aromatic nitrogens is 2. The van der Waals surface area contributed by atoms with Gasteiger partial charge in [0, 0.05) is 16.6 Å². The Balaban J connectivity index is 1.39. The maximum atomic E-state index is 13.4. The van der Waals surface area contributed by atoms with Crippen molar-refractivity contribution in [2.75, 3.05) is 5.32 Å². The standard InChI is InChI=1S/C26H17ClFN3O3/c27-22-12-20(5-7-24(22)34-14-16-2-1-3-19(28)10-16)31-26-21-11-17(4-6-23(21)29-15-30-26)25-18(13-32)8-9-33-25/h1-13,15H,14H2,(H,29,30,31). The Morgan fingerprint density at radius 2 is 1.97 bits per heavy atom. The molecule has 0 amide bonds. The Morgan fingerprint density at radius 1 is 1.06 bits per heavy atom. The van der Waals surface area contributed by atoms with Crippen LogP contribution >= 0.6 is 11.6 Å². The molecule has 0 atom stereocenters. The summed E-state index contributed by atoms with van der Waals surface area (Å²) in [5.41, 5.74) is 3.32. The number of benzene rings is 3. The van der Waals surface area contributed by atoms with Crippen molar-refractivity contribution < 1.29 is 18.3 Å². The molecule has 5 aromatic rings. The summed E-state index contributed by atoms with van der Waals surface area (Å²) in [7, 11) is 0. The van der Waals surface area contributed by atoms with Gasteiger partial charge in [-0.25, -0.2) is 14.4 Å². The SMILES string of the molecule is O=Cc1ccoc1-c1ccc2ncnc(Nc3ccc(OCc4cccc(F)c4)c(Cl)c3)c2c1. The van der Waals surface area contributed by atoms with Crippen molar-refractivity contribution in [3.8, 4) is 17.1 Å². The summed E-state index contributed by atoms with van der Waals surface area (Å²) in [6.07, 6.45) is 3.69. The Hall–Kier alpha value is -4.23. The largest absolute Gasteiger partial charge is 0.487 e. The van der Waals surface area contributed by atoms with E-state index in [0.717, 1.165) is 22.8 Å². The summed E-state index contributed by atoms with van der Waals surface area (Å²) in [6.45, 7) is 0.194. The second-order valence-corrected chi connectivity index (χ2v) is 7.87. The third kappa shape index (κ3) is 4.46. The van der Waals surface area contributed by atoms with Gasteiger partial charge >= 0.3 is 0 Å². The van der Waals surface area contributed by atoms with Crippen LogP contribution in [0.25, 0.3) is 22.2 Å². The van der Waals surface area contributed by atoms with E-state index in [1.165, 1.54) is 24.7 Å². The molecule has 0 aliphatic carbocycles. The highest BCUT2D eigenvalue weighted by Gasteiger charge is 2.12. The summed E-state index contributed by atoms with van der Waals surface area (Å²) in [5, 5.41) is 4.40. The molecular formula is C26H17ClFN3O3.